The summed E-state index contributed by atoms with van der Waals surface area (Å²) in [6, 6.07) is 2.24. The molecule has 21 heavy (non-hydrogen) atoms. The number of methoxy groups -OCH3 is 1. The molecule has 1 fully saturated rings. The van der Waals surface area contributed by atoms with E-state index in [4.69, 9.17) is 10.5 Å². The summed E-state index contributed by atoms with van der Waals surface area (Å²) in [4.78, 5) is 8.96. The van der Waals surface area contributed by atoms with Gasteiger partial charge in [-0.2, -0.15) is 5.21 Å². The molecule has 0 saturated heterocycles. The van der Waals surface area contributed by atoms with Gasteiger partial charge in [0, 0.05) is 30.8 Å². The van der Waals surface area contributed by atoms with E-state index in [1.54, 1.807) is 7.11 Å². The third-order valence-electron chi connectivity index (χ3n) is 3.48. The molecule has 0 radical (unpaired) electrons. The van der Waals surface area contributed by atoms with Crippen LogP contribution in [-0.2, 0) is 17.9 Å². The van der Waals surface area contributed by atoms with E-state index in [-0.39, 0.29) is 6.04 Å². The SMILES string of the molecule is COCc1nc(NCc2nn[nH]n2)cc(C2CC(N)C2)n1. The zero-order valence-corrected chi connectivity index (χ0v) is 11.8. The number of H-pyrrole nitrogens is 1. The Morgan fingerprint density at radius 3 is 2.90 bits per heavy atom. The van der Waals surface area contributed by atoms with Gasteiger partial charge in [-0.15, -0.1) is 10.2 Å². The summed E-state index contributed by atoms with van der Waals surface area (Å²) in [5.74, 6) is 2.38. The van der Waals surface area contributed by atoms with E-state index in [2.05, 4.69) is 35.9 Å². The lowest BCUT2D eigenvalue weighted by Crippen LogP contribution is -2.35. The van der Waals surface area contributed by atoms with Crippen LogP contribution in [0.1, 0.15) is 36.1 Å². The summed E-state index contributed by atoms with van der Waals surface area (Å²) in [6.45, 7) is 0.826. The van der Waals surface area contributed by atoms with E-state index in [9.17, 15) is 0 Å². The minimum absolute atomic E-state index is 0.284. The highest BCUT2D eigenvalue weighted by Gasteiger charge is 2.29. The molecule has 0 aromatic carbocycles. The maximum Gasteiger partial charge on any atom is 0.193 e. The third-order valence-corrected chi connectivity index (χ3v) is 3.48. The average molecular weight is 290 g/mol. The van der Waals surface area contributed by atoms with Gasteiger partial charge in [0.05, 0.1) is 6.54 Å². The van der Waals surface area contributed by atoms with Gasteiger partial charge in [-0.3, -0.25) is 0 Å². The van der Waals surface area contributed by atoms with Crippen LogP contribution in [0.2, 0.25) is 0 Å². The highest BCUT2D eigenvalue weighted by atomic mass is 16.5. The molecule has 9 heteroatoms. The van der Waals surface area contributed by atoms with Gasteiger partial charge in [0.2, 0.25) is 0 Å². The lowest BCUT2D eigenvalue weighted by molar-refractivity contribution is 0.177. The van der Waals surface area contributed by atoms with Crippen LogP contribution < -0.4 is 11.1 Å². The van der Waals surface area contributed by atoms with Crippen LogP contribution in [0, 0.1) is 0 Å². The molecule has 9 nitrogen and oxygen atoms in total. The van der Waals surface area contributed by atoms with Crippen molar-refractivity contribution in [2.75, 3.05) is 12.4 Å². The zero-order valence-electron chi connectivity index (χ0n) is 11.8. The fourth-order valence-electron chi connectivity index (χ4n) is 2.34. The van der Waals surface area contributed by atoms with Gasteiger partial charge >= 0.3 is 0 Å². The second kappa shape index (κ2) is 6.10. The van der Waals surface area contributed by atoms with Crippen LogP contribution in [0.4, 0.5) is 5.82 Å². The highest BCUT2D eigenvalue weighted by molar-refractivity contribution is 5.38. The van der Waals surface area contributed by atoms with Crippen LogP contribution in [0.15, 0.2) is 6.07 Å². The second-order valence-corrected chi connectivity index (χ2v) is 5.14. The maximum atomic E-state index is 5.85. The van der Waals surface area contributed by atoms with Gasteiger partial charge in [0.15, 0.2) is 11.6 Å². The third kappa shape index (κ3) is 3.31. The number of tetrazole rings is 1. The summed E-state index contributed by atoms with van der Waals surface area (Å²) in [5, 5.41) is 16.9. The maximum absolute atomic E-state index is 5.85. The van der Waals surface area contributed by atoms with E-state index < -0.39 is 0 Å². The molecule has 3 rings (SSSR count). The molecular formula is C12H18N8O. The Labute approximate surface area is 121 Å². The first-order valence-corrected chi connectivity index (χ1v) is 6.83. The van der Waals surface area contributed by atoms with E-state index in [0.29, 0.717) is 30.7 Å². The van der Waals surface area contributed by atoms with Crippen molar-refractivity contribution < 1.29 is 4.74 Å². The van der Waals surface area contributed by atoms with Crippen molar-refractivity contribution in [1.82, 2.24) is 30.6 Å². The first kappa shape index (κ1) is 13.8. The first-order valence-electron chi connectivity index (χ1n) is 6.83. The van der Waals surface area contributed by atoms with Gasteiger partial charge in [0.1, 0.15) is 12.4 Å². The fraction of sp³-hybridized carbons (Fsp3) is 0.583. The van der Waals surface area contributed by atoms with E-state index >= 15 is 0 Å². The Hall–Kier alpha value is -2.13. The van der Waals surface area contributed by atoms with E-state index in [0.717, 1.165) is 24.4 Å². The molecule has 1 aliphatic rings. The number of hydrogen-bond donors (Lipinski definition) is 3. The molecule has 2 aromatic rings. The van der Waals surface area contributed by atoms with Crippen molar-refractivity contribution in [3.63, 3.8) is 0 Å². The predicted octanol–water partition coefficient (Wildman–Crippen LogP) is -0.0471. The predicted molar refractivity (Wildman–Crippen MR) is 74.2 cm³/mol. The van der Waals surface area contributed by atoms with Crippen molar-refractivity contribution in [2.45, 2.75) is 38.0 Å². The summed E-state index contributed by atoms with van der Waals surface area (Å²) < 4.78 is 5.12. The number of rotatable bonds is 6. The minimum Gasteiger partial charge on any atom is -0.377 e. The van der Waals surface area contributed by atoms with Crippen LogP contribution in [0.5, 0.6) is 0 Å². The molecule has 2 heterocycles. The highest BCUT2D eigenvalue weighted by Crippen LogP contribution is 2.35. The van der Waals surface area contributed by atoms with Crippen molar-refractivity contribution >= 4 is 5.82 Å². The quantitative estimate of drug-likeness (QED) is 0.675. The Morgan fingerprint density at radius 2 is 2.24 bits per heavy atom. The number of nitrogens with one attached hydrogen (secondary N) is 2. The number of nitrogens with zero attached hydrogens (tertiary/aromatic N) is 5. The number of anilines is 1. The second-order valence-electron chi connectivity index (χ2n) is 5.14. The standard InChI is InChI=1S/C12H18N8O/c1-21-6-12-15-9(7-2-8(13)3-7)4-10(16-12)14-5-11-17-19-20-18-11/h4,7-8H,2-3,5-6,13H2,1H3,(H,14,15,16)(H,17,18,19,20). The van der Waals surface area contributed by atoms with Gasteiger partial charge < -0.3 is 15.8 Å². The lowest BCUT2D eigenvalue weighted by atomic mass is 9.78. The molecule has 0 amide bonds. The van der Waals surface area contributed by atoms with Crippen molar-refractivity contribution in [3.8, 4) is 0 Å². The fourth-order valence-corrected chi connectivity index (χ4v) is 2.34. The molecule has 1 aliphatic carbocycles. The smallest absolute Gasteiger partial charge is 0.193 e. The normalized spacial score (nSPS) is 21.0. The summed E-state index contributed by atoms with van der Waals surface area (Å²) >= 11 is 0. The minimum atomic E-state index is 0.284. The topological polar surface area (TPSA) is 128 Å². The van der Waals surface area contributed by atoms with Gasteiger partial charge in [-0.05, 0) is 12.8 Å². The Balaban J connectivity index is 1.74. The van der Waals surface area contributed by atoms with Gasteiger partial charge in [-0.1, -0.05) is 5.21 Å². The van der Waals surface area contributed by atoms with Crippen LogP contribution in [-0.4, -0.2) is 43.7 Å². The molecule has 4 N–H and O–H groups in total. The first-order chi connectivity index (χ1) is 10.2. The molecule has 0 atom stereocenters. The van der Waals surface area contributed by atoms with Crippen LogP contribution in [0.25, 0.3) is 0 Å². The number of ether oxygens (including phenoxy) is 1. The summed E-state index contributed by atoms with van der Waals surface area (Å²) in [5.41, 5.74) is 6.86. The molecule has 0 aliphatic heterocycles. The van der Waals surface area contributed by atoms with E-state index in [1.165, 1.54) is 0 Å². The number of hydrogen-bond acceptors (Lipinski definition) is 8. The molecule has 0 bridgehead atoms. The zero-order chi connectivity index (χ0) is 14.7. The Morgan fingerprint density at radius 1 is 1.38 bits per heavy atom. The van der Waals surface area contributed by atoms with Crippen molar-refractivity contribution in [3.05, 3.63) is 23.4 Å². The van der Waals surface area contributed by atoms with Crippen LogP contribution >= 0.6 is 0 Å². The van der Waals surface area contributed by atoms with Crippen molar-refractivity contribution in [1.29, 1.82) is 0 Å². The summed E-state index contributed by atoms with van der Waals surface area (Å²) in [6.07, 6.45) is 1.93. The number of aromatic nitrogens is 6. The number of aromatic amines is 1. The molecule has 2 aromatic heterocycles. The molecule has 1 saturated carbocycles. The molecule has 0 spiro atoms. The average Bonchev–Trinajstić information content (AvgIpc) is 2.95. The summed E-state index contributed by atoms with van der Waals surface area (Å²) in [7, 11) is 1.63. The monoisotopic (exact) mass is 290 g/mol. The molecule has 112 valence electrons. The van der Waals surface area contributed by atoms with E-state index in [1.807, 2.05) is 6.07 Å². The Bertz CT molecular complexity index is 581. The van der Waals surface area contributed by atoms with Crippen molar-refractivity contribution in [2.24, 2.45) is 5.73 Å². The number of nitrogens with two attached hydrogens (primary N) is 1. The Kier molecular flexibility index (Phi) is 4.02. The lowest BCUT2D eigenvalue weighted by Gasteiger charge is -2.32. The largest absolute Gasteiger partial charge is 0.377 e. The van der Waals surface area contributed by atoms with Crippen LogP contribution in [0.3, 0.4) is 0 Å². The van der Waals surface area contributed by atoms with Gasteiger partial charge in [-0.25, -0.2) is 9.97 Å². The van der Waals surface area contributed by atoms with Gasteiger partial charge in [0.25, 0.3) is 0 Å². The molecule has 0 unspecified atom stereocenters. The molecular weight excluding hydrogens is 272 g/mol.